The molecule has 1 atom stereocenters. The van der Waals surface area contributed by atoms with Gasteiger partial charge < -0.3 is 5.73 Å². The van der Waals surface area contributed by atoms with Gasteiger partial charge in [-0.3, -0.25) is 4.79 Å². The van der Waals surface area contributed by atoms with E-state index in [1.165, 1.54) is 11.1 Å². The zero-order valence-electron chi connectivity index (χ0n) is 12.4. The van der Waals surface area contributed by atoms with Crippen LogP contribution in [0, 0.1) is 6.92 Å². The minimum atomic E-state index is 0.129. The highest BCUT2D eigenvalue weighted by Crippen LogP contribution is 2.34. The van der Waals surface area contributed by atoms with Crippen LogP contribution in [0.4, 0.5) is 5.95 Å². The summed E-state index contributed by atoms with van der Waals surface area (Å²) in [5.74, 6) is 0.572. The smallest absolute Gasteiger partial charge is 0.220 e. The lowest BCUT2D eigenvalue weighted by molar-refractivity contribution is 0.0962. The number of nitrogens with zero attached hydrogens (tertiary/aromatic N) is 2. The molecular weight excluding hydrogens is 262 g/mol. The van der Waals surface area contributed by atoms with Gasteiger partial charge in [0.2, 0.25) is 5.95 Å². The molecule has 0 aliphatic heterocycles. The number of ketones is 1. The molecule has 1 aromatic heterocycles. The molecule has 1 aliphatic rings. The first kappa shape index (κ1) is 13.7. The fourth-order valence-electron chi connectivity index (χ4n) is 3.27. The van der Waals surface area contributed by atoms with Crippen LogP contribution in [0.2, 0.25) is 0 Å². The van der Waals surface area contributed by atoms with Crippen LogP contribution in [0.25, 0.3) is 0 Å². The topological polar surface area (TPSA) is 68.9 Å². The molecular formula is C17H19N3O. The number of aryl methyl sites for hydroxylation is 2. The number of rotatable bonds is 2. The lowest BCUT2D eigenvalue weighted by atomic mass is 9.79. The molecule has 0 saturated heterocycles. The van der Waals surface area contributed by atoms with Crippen LogP contribution in [-0.2, 0) is 12.8 Å². The van der Waals surface area contributed by atoms with Crippen LogP contribution in [0.1, 0.15) is 52.1 Å². The third-order valence-electron chi connectivity index (χ3n) is 4.21. The Morgan fingerprint density at radius 2 is 2.00 bits per heavy atom. The first-order valence-corrected chi connectivity index (χ1v) is 7.34. The van der Waals surface area contributed by atoms with Crippen molar-refractivity contribution in [1.29, 1.82) is 0 Å². The maximum atomic E-state index is 12.5. The Kier molecular flexibility index (Phi) is 3.45. The summed E-state index contributed by atoms with van der Waals surface area (Å²) in [6, 6.07) is 8.34. The number of hydrogen-bond acceptors (Lipinski definition) is 4. The number of carbonyl (C=O) groups excluding carboxylic acids is 1. The molecule has 108 valence electrons. The SMILES string of the molecule is CCc1ccccc1C1CC(=O)c2c(C)nc(N)nc2C1. The molecule has 3 rings (SSSR count). The van der Waals surface area contributed by atoms with E-state index in [0.717, 1.165) is 18.5 Å². The van der Waals surface area contributed by atoms with Crippen molar-refractivity contribution in [2.75, 3.05) is 5.73 Å². The molecule has 0 amide bonds. The molecule has 1 heterocycles. The monoisotopic (exact) mass is 281 g/mol. The predicted molar refractivity (Wildman–Crippen MR) is 82.4 cm³/mol. The van der Waals surface area contributed by atoms with Crippen molar-refractivity contribution in [3.8, 4) is 0 Å². The second kappa shape index (κ2) is 5.28. The third kappa shape index (κ3) is 2.42. The summed E-state index contributed by atoms with van der Waals surface area (Å²) in [5.41, 5.74) is 10.5. The molecule has 0 bridgehead atoms. The largest absolute Gasteiger partial charge is 0.368 e. The number of hydrogen-bond donors (Lipinski definition) is 1. The van der Waals surface area contributed by atoms with E-state index in [2.05, 4.69) is 29.0 Å². The summed E-state index contributed by atoms with van der Waals surface area (Å²) >= 11 is 0. The Bertz CT molecular complexity index is 709. The summed E-state index contributed by atoms with van der Waals surface area (Å²) in [7, 11) is 0. The minimum absolute atomic E-state index is 0.129. The summed E-state index contributed by atoms with van der Waals surface area (Å²) in [4.78, 5) is 20.9. The molecule has 0 saturated carbocycles. The molecule has 2 N–H and O–H groups in total. The van der Waals surface area contributed by atoms with Crippen LogP contribution in [0.5, 0.6) is 0 Å². The van der Waals surface area contributed by atoms with Crippen molar-refractivity contribution < 1.29 is 4.79 Å². The lowest BCUT2D eigenvalue weighted by Crippen LogP contribution is -2.23. The van der Waals surface area contributed by atoms with Crippen LogP contribution < -0.4 is 5.73 Å². The average Bonchev–Trinajstić information content (AvgIpc) is 2.45. The van der Waals surface area contributed by atoms with Gasteiger partial charge in [-0.15, -0.1) is 0 Å². The lowest BCUT2D eigenvalue weighted by Gasteiger charge is -2.25. The van der Waals surface area contributed by atoms with Crippen molar-refractivity contribution >= 4 is 11.7 Å². The van der Waals surface area contributed by atoms with E-state index < -0.39 is 0 Å². The molecule has 1 unspecified atom stereocenters. The van der Waals surface area contributed by atoms with E-state index in [9.17, 15) is 4.79 Å². The number of Topliss-reactive ketones (excluding diaryl/α,β-unsaturated/α-hetero) is 1. The molecule has 0 radical (unpaired) electrons. The van der Waals surface area contributed by atoms with Crippen molar-refractivity contribution in [3.05, 3.63) is 52.3 Å². The third-order valence-corrected chi connectivity index (χ3v) is 4.21. The van der Waals surface area contributed by atoms with Crippen LogP contribution in [0.3, 0.4) is 0 Å². The molecule has 4 nitrogen and oxygen atoms in total. The fraction of sp³-hybridized carbons (Fsp3) is 0.353. The zero-order valence-corrected chi connectivity index (χ0v) is 12.4. The Morgan fingerprint density at radius 3 is 2.76 bits per heavy atom. The van der Waals surface area contributed by atoms with E-state index >= 15 is 0 Å². The van der Waals surface area contributed by atoms with Crippen molar-refractivity contribution in [3.63, 3.8) is 0 Å². The second-order valence-corrected chi connectivity index (χ2v) is 5.57. The zero-order chi connectivity index (χ0) is 15.0. The van der Waals surface area contributed by atoms with E-state index in [4.69, 9.17) is 5.73 Å². The Hall–Kier alpha value is -2.23. The van der Waals surface area contributed by atoms with E-state index in [0.29, 0.717) is 17.7 Å². The highest BCUT2D eigenvalue weighted by Gasteiger charge is 2.30. The number of benzene rings is 1. The first-order valence-electron chi connectivity index (χ1n) is 7.34. The molecule has 2 aromatic rings. The number of nitrogen functional groups attached to an aromatic ring is 1. The maximum Gasteiger partial charge on any atom is 0.220 e. The molecule has 1 aromatic carbocycles. The van der Waals surface area contributed by atoms with E-state index in [1.54, 1.807) is 0 Å². The highest BCUT2D eigenvalue weighted by molar-refractivity contribution is 5.99. The number of carbonyl (C=O) groups is 1. The predicted octanol–water partition coefficient (Wildman–Crippen LogP) is 2.84. The maximum absolute atomic E-state index is 12.5. The molecule has 1 aliphatic carbocycles. The van der Waals surface area contributed by atoms with Gasteiger partial charge in [-0.05, 0) is 36.8 Å². The van der Waals surface area contributed by atoms with E-state index in [1.807, 2.05) is 19.1 Å². The summed E-state index contributed by atoms with van der Waals surface area (Å²) in [6.07, 6.45) is 2.25. The second-order valence-electron chi connectivity index (χ2n) is 5.57. The van der Waals surface area contributed by atoms with Gasteiger partial charge in [0.15, 0.2) is 5.78 Å². The van der Waals surface area contributed by atoms with Gasteiger partial charge in [0.25, 0.3) is 0 Å². The quantitative estimate of drug-likeness (QED) is 0.919. The summed E-state index contributed by atoms with van der Waals surface area (Å²) < 4.78 is 0. The highest BCUT2D eigenvalue weighted by atomic mass is 16.1. The van der Waals surface area contributed by atoms with Gasteiger partial charge in [-0.2, -0.15) is 0 Å². The number of fused-ring (bicyclic) bond motifs is 1. The Labute approximate surface area is 124 Å². The fourth-order valence-corrected chi connectivity index (χ4v) is 3.27. The van der Waals surface area contributed by atoms with Crippen LogP contribution in [-0.4, -0.2) is 15.8 Å². The average molecular weight is 281 g/mol. The van der Waals surface area contributed by atoms with Crippen molar-refractivity contribution in [2.45, 2.75) is 39.0 Å². The van der Waals surface area contributed by atoms with Gasteiger partial charge in [0.1, 0.15) is 0 Å². The van der Waals surface area contributed by atoms with Gasteiger partial charge in [-0.1, -0.05) is 31.2 Å². The Morgan fingerprint density at radius 1 is 1.24 bits per heavy atom. The number of aromatic nitrogens is 2. The molecule has 0 fully saturated rings. The van der Waals surface area contributed by atoms with Gasteiger partial charge in [0.05, 0.1) is 17.0 Å². The molecule has 4 heteroatoms. The molecule has 21 heavy (non-hydrogen) atoms. The normalized spacial score (nSPS) is 17.6. The van der Waals surface area contributed by atoms with Crippen LogP contribution in [0.15, 0.2) is 24.3 Å². The minimum Gasteiger partial charge on any atom is -0.368 e. The van der Waals surface area contributed by atoms with Crippen molar-refractivity contribution in [1.82, 2.24) is 9.97 Å². The summed E-state index contributed by atoms with van der Waals surface area (Å²) in [5, 5.41) is 0. The number of nitrogens with two attached hydrogens (primary N) is 1. The standard InChI is InChI=1S/C17H19N3O/c1-3-11-6-4-5-7-13(11)12-8-14-16(15(21)9-12)10(2)19-17(18)20-14/h4-7,12H,3,8-9H2,1-2H3,(H2,18,19,20). The first-order chi connectivity index (χ1) is 10.1. The van der Waals surface area contributed by atoms with E-state index in [-0.39, 0.29) is 17.6 Å². The van der Waals surface area contributed by atoms with Crippen LogP contribution >= 0.6 is 0 Å². The summed E-state index contributed by atoms with van der Waals surface area (Å²) in [6.45, 7) is 3.97. The Balaban J connectivity index is 2.04. The molecule has 0 spiro atoms. The van der Waals surface area contributed by atoms with Gasteiger partial charge in [0, 0.05) is 6.42 Å². The van der Waals surface area contributed by atoms with Gasteiger partial charge >= 0.3 is 0 Å². The number of anilines is 1. The van der Waals surface area contributed by atoms with Crippen molar-refractivity contribution in [2.24, 2.45) is 0 Å². The van der Waals surface area contributed by atoms with Gasteiger partial charge in [-0.25, -0.2) is 9.97 Å².